The fourth-order valence-electron chi connectivity index (χ4n) is 1.97. The number of hydrogen-bond donors (Lipinski definition) is 4. The third kappa shape index (κ3) is 9.13. The van der Waals surface area contributed by atoms with Gasteiger partial charge in [0.15, 0.2) is 5.82 Å². The van der Waals surface area contributed by atoms with Crippen LogP contribution in [-0.2, 0) is 16.0 Å². The Hall–Kier alpha value is -1.27. The molecule has 1 rings (SSSR count). The van der Waals surface area contributed by atoms with E-state index in [-0.39, 0.29) is 31.5 Å². The summed E-state index contributed by atoms with van der Waals surface area (Å²) in [5.74, 6) is 0.309. The lowest BCUT2D eigenvalue weighted by Gasteiger charge is -2.11. The van der Waals surface area contributed by atoms with Crippen LogP contribution >= 0.6 is 12.4 Å². The van der Waals surface area contributed by atoms with E-state index < -0.39 is 13.4 Å². The summed E-state index contributed by atoms with van der Waals surface area (Å²) in [5.41, 5.74) is 6.05. The zero-order chi connectivity index (χ0) is 17.1. The van der Waals surface area contributed by atoms with Crippen molar-refractivity contribution >= 4 is 25.6 Å². The van der Waals surface area contributed by atoms with Crippen molar-refractivity contribution in [3.63, 3.8) is 0 Å². The van der Waals surface area contributed by atoms with Crippen molar-refractivity contribution in [2.75, 3.05) is 13.2 Å². The van der Waals surface area contributed by atoms with Gasteiger partial charge in [0.1, 0.15) is 6.54 Å². The molecule has 10 nitrogen and oxygen atoms in total. The maximum absolute atomic E-state index is 11.8. The predicted molar refractivity (Wildman–Crippen MR) is 89.9 cm³/mol. The van der Waals surface area contributed by atoms with Crippen molar-refractivity contribution in [3.8, 4) is 0 Å². The number of halogens is 1. The highest BCUT2D eigenvalue weighted by molar-refractivity contribution is 6.32. The summed E-state index contributed by atoms with van der Waals surface area (Å²) in [4.78, 5) is 11.8. The third-order valence-electron chi connectivity index (χ3n) is 3.21. The van der Waals surface area contributed by atoms with E-state index in [1.165, 1.54) is 4.68 Å². The van der Waals surface area contributed by atoms with Gasteiger partial charge in [-0.25, -0.2) is 4.68 Å². The molecule has 0 aliphatic rings. The minimum atomic E-state index is -1.75. The van der Waals surface area contributed by atoms with Crippen LogP contribution in [0.4, 0.5) is 0 Å². The Morgan fingerprint density at radius 3 is 2.83 bits per heavy atom. The number of hydrogen-bond acceptors (Lipinski definition) is 8. The third-order valence-corrected chi connectivity index (χ3v) is 3.21. The van der Waals surface area contributed by atoms with E-state index in [0.717, 1.165) is 12.8 Å². The standard InChI is InChI=1S/C12H25BN6O4.ClH/c1-2-3-7-15-11(20)9-19-12(16-17-18-19)10(14)6-4-5-8-23-13(21)22;/h10,21-22H,2-9,14H2,1H3,(H,15,20);1H. The summed E-state index contributed by atoms with van der Waals surface area (Å²) >= 11 is 0. The lowest BCUT2D eigenvalue weighted by Crippen LogP contribution is -2.30. The number of nitrogens with one attached hydrogen (secondary N) is 1. The molecular formula is C12H26BClN6O4. The van der Waals surface area contributed by atoms with Gasteiger partial charge in [-0.15, -0.1) is 17.5 Å². The average Bonchev–Trinajstić information content (AvgIpc) is 2.94. The van der Waals surface area contributed by atoms with Crippen LogP contribution in [0.15, 0.2) is 0 Å². The summed E-state index contributed by atoms with van der Waals surface area (Å²) in [7, 11) is -1.75. The minimum absolute atomic E-state index is 0. The first-order chi connectivity index (χ1) is 11.0. The second kappa shape index (κ2) is 13.1. The second-order valence-electron chi connectivity index (χ2n) is 5.20. The van der Waals surface area contributed by atoms with Crippen LogP contribution in [0.5, 0.6) is 0 Å². The first-order valence-corrected chi connectivity index (χ1v) is 7.80. The molecular weight excluding hydrogens is 338 g/mol. The van der Waals surface area contributed by atoms with E-state index in [0.29, 0.717) is 31.6 Å². The molecule has 5 N–H and O–H groups in total. The summed E-state index contributed by atoms with van der Waals surface area (Å²) in [6.45, 7) is 2.96. The molecule has 138 valence electrons. The van der Waals surface area contributed by atoms with Gasteiger partial charge in [-0.1, -0.05) is 13.3 Å². The highest BCUT2D eigenvalue weighted by Gasteiger charge is 2.17. The van der Waals surface area contributed by atoms with Gasteiger partial charge >= 0.3 is 7.32 Å². The summed E-state index contributed by atoms with van der Waals surface area (Å²) in [6, 6.07) is -0.396. The fourth-order valence-corrected chi connectivity index (χ4v) is 1.97. The van der Waals surface area contributed by atoms with Gasteiger partial charge in [-0.2, -0.15) is 0 Å². The molecule has 0 aliphatic carbocycles. The summed E-state index contributed by atoms with van der Waals surface area (Å²) in [6.07, 6.45) is 3.88. The molecule has 1 unspecified atom stereocenters. The summed E-state index contributed by atoms with van der Waals surface area (Å²) in [5, 5.41) is 31.1. The normalized spacial score (nSPS) is 11.7. The molecule has 0 radical (unpaired) electrons. The molecule has 0 saturated carbocycles. The van der Waals surface area contributed by atoms with Crippen molar-refractivity contribution in [1.29, 1.82) is 0 Å². The zero-order valence-corrected chi connectivity index (χ0v) is 14.6. The van der Waals surface area contributed by atoms with Gasteiger partial charge in [0.05, 0.1) is 6.04 Å². The van der Waals surface area contributed by atoms with Crippen molar-refractivity contribution < 1.29 is 19.5 Å². The van der Waals surface area contributed by atoms with E-state index in [1.54, 1.807) is 0 Å². The number of tetrazole rings is 1. The predicted octanol–water partition coefficient (Wildman–Crippen LogP) is -0.833. The number of carbonyl (C=O) groups is 1. The molecule has 0 aliphatic heterocycles. The van der Waals surface area contributed by atoms with E-state index in [2.05, 4.69) is 32.4 Å². The SMILES string of the molecule is CCCCNC(=O)Cn1nnnc1C(N)CCCCOB(O)O.Cl. The van der Waals surface area contributed by atoms with Crippen LogP contribution in [0, 0.1) is 0 Å². The fraction of sp³-hybridized carbons (Fsp3) is 0.833. The Kier molecular flexibility index (Phi) is 12.4. The number of rotatable bonds is 12. The van der Waals surface area contributed by atoms with Crippen LogP contribution in [-0.4, -0.2) is 56.6 Å². The molecule has 1 amide bonds. The zero-order valence-electron chi connectivity index (χ0n) is 13.8. The Balaban J connectivity index is 0.00000529. The first-order valence-electron chi connectivity index (χ1n) is 7.80. The highest BCUT2D eigenvalue weighted by Crippen LogP contribution is 2.13. The molecule has 0 aromatic carbocycles. The Bertz CT molecular complexity index is 465. The maximum atomic E-state index is 11.8. The topological polar surface area (TPSA) is 148 Å². The van der Waals surface area contributed by atoms with E-state index in [1.807, 2.05) is 0 Å². The van der Waals surface area contributed by atoms with Gasteiger partial charge in [-0.05, 0) is 36.1 Å². The number of nitrogens with zero attached hydrogens (tertiary/aromatic N) is 4. The van der Waals surface area contributed by atoms with Crippen LogP contribution in [0.2, 0.25) is 0 Å². The number of aromatic nitrogens is 4. The molecule has 1 atom stereocenters. The van der Waals surface area contributed by atoms with Gasteiger partial charge in [0.2, 0.25) is 5.91 Å². The van der Waals surface area contributed by atoms with E-state index >= 15 is 0 Å². The highest BCUT2D eigenvalue weighted by atomic mass is 35.5. The lowest BCUT2D eigenvalue weighted by molar-refractivity contribution is -0.121. The van der Waals surface area contributed by atoms with Gasteiger partial charge in [0.25, 0.3) is 0 Å². The quantitative estimate of drug-likeness (QED) is 0.277. The molecule has 1 heterocycles. The number of carbonyl (C=O) groups excluding carboxylic acids is 1. The molecule has 0 fully saturated rings. The molecule has 24 heavy (non-hydrogen) atoms. The minimum Gasteiger partial charge on any atom is -0.402 e. The van der Waals surface area contributed by atoms with Gasteiger partial charge in [-0.3, -0.25) is 4.79 Å². The largest absolute Gasteiger partial charge is 0.633 e. The Morgan fingerprint density at radius 2 is 2.17 bits per heavy atom. The molecule has 12 heteroatoms. The second-order valence-corrected chi connectivity index (χ2v) is 5.20. The Morgan fingerprint density at radius 1 is 1.42 bits per heavy atom. The van der Waals surface area contributed by atoms with Crippen molar-refractivity contribution in [2.24, 2.45) is 5.73 Å². The molecule has 1 aromatic heterocycles. The monoisotopic (exact) mass is 364 g/mol. The lowest BCUT2D eigenvalue weighted by atomic mass is 10.1. The van der Waals surface area contributed by atoms with Crippen molar-refractivity contribution in [3.05, 3.63) is 5.82 Å². The number of unbranched alkanes of at least 4 members (excludes halogenated alkanes) is 2. The molecule has 1 aromatic rings. The molecule has 0 spiro atoms. The maximum Gasteiger partial charge on any atom is 0.633 e. The van der Waals surface area contributed by atoms with Gasteiger partial charge < -0.3 is 25.8 Å². The molecule has 0 bridgehead atoms. The first kappa shape index (κ1) is 22.7. The van der Waals surface area contributed by atoms with Crippen LogP contribution in [0.1, 0.15) is 50.9 Å². The van der Waals surface area contributed by atoms with Crippen molar-refractivity contribution in [1.82, 2.24) is 25.5 Å². The van der Waals surface area contributed by atoms with Crippen LogP contribution < -0.4 is 11.1 Å². The van der Waals surface area contributed by atoms with Crippen LogP contribution in [0.25, 0.3) is 0 Å². The average molecular weight is 365 g/mol. The van der Waals surface area contributed by atoms with Gasteiger partial charge in [0, 0.05) is 13.2 Å². The molecule has 0 saturated heterocycles. The smallest absolute Gasteiger partial charge is 0.402 e. The Labute approximate surface area is 147 Å². The number of nitrogens with two attached hydrogens (primary N) is 1. The summed E-state index contributed by atoms with van der Waals surface area (Å²) < 4.78 is 6.01. The van der Waals surface area contributed by atoms with Crippen molar-refractivity contribution in [2.45, 2.75) is 51.6 Å². The van der Waals surface area contributed by atoms with E-state index in [4.69, 9.17) is 15.8 Å². The van der Waals surface area contributed by atoms with Crippen LogP contribution in [0.3, 0.4) is 0 Å². The van der Waals surface area contributed by atoms with E-state index in [9.17, 15) is 4.79 Å². The number of amides is 1.